The summed E-state index contributed by atoms with van der Waals surface area (Å²) in [6.45, 7) is 6.83. The molecule has 3 aliphatic heterocycles. The van der Waals surface area contributed by atoms with Gasteiger partial charge in [-0.1, -0.05) is 60.7 Å². The Labute approximate surface area is 271 Å². The smallest absolute Gasteiger partial charge is 0.296 e. The lowest BCUT2D eigenvalue weighted by Gasteiger charge is -2.25. The Morgan fingerprint density at radius 2 is 1.30 bits per heavy atom. The summed E-state index contributed by atoms with van der Waals surface area (Å²) in [4.78, 5) is 27.0. The van der Waals surface area contributed by atoms with E-state index in [9.17, 15) is 41.0 Å². The zero-order valence-electron chi connectivity index (χ0n) is 26.6. The van der Waals surface area contributed by atoms with Gasteiger partial charge in [-0.3, -0.25) is 14.5 Å². The number of aliphatic hydroxyl groups is 2. The van der Waals surface area contributed by atoms with E-state index in [-0.39, 0.29) is 30.3 Å². The van der Waals surface area contributed by atoms with Gasteiger partial charge in [-0.05, 0) is 57.3 Å². The Morgan fingerprint density at radius 3 is 1.79 bits per heavy atom. The predicted molar refractivity (Wildman–Crippen MR) is 165 cm³/mol. The number of ketones is 1. The number of carbonyl (C=O) groups excluding carboxylic acids is 2. The number of amides is 1. The van der Waals surface area contributed by atoms with E-state index in [1.807, 2.05) is 67.6 Å². The molecule has 3 aliphatic rings. The molecule has 7 atom stereocenters. The molecule has 3 N–H and O–H groups in total. The van der Waals surface area contributed by atoms with Crippen molar-refractivity contribution in [3.05, 3.63) is 71.8 Å². The normalized spacial score (nSPS) is 24.1. The Morgan fingerprint density at radius 1 is 0.766 bits per heavy atom. The molecule has 2 aromatic rings. The molecule has 1 amide bonds. The van der Waals surface area contributed by atoms with Crippen molar-refractivity contribution >= 4 is 11.7 Å². The fourth-order valence-electron chi connectivity index (χ4n) is 6.18. The minimum absolute atomic E-state index is 0.180. The number of benzene rings is 2. The van der Waals surface area contributed by atoms with Crippen LogP contribution in [0.1, 0.15) is 56.3 Å². The lowest BCUT2D eigenvalue weighted by molar-refractivity contribution is -0.143. The third-order valence-corrected chi connectivity index (χ3v) is 9.21. The molecule has 2 aromatic carbocycles. The highest BCUT2D eigenvalue weighted by atomic mass is 19.3. The molecule has 262 valence electrons. The summed E-state index contributed by atoms with van der Waals surface area (Å²) in [5, 5.41) is 21.2. The van der Waals surface area contributed by atoms with Crippen molar-refractivity contribution < 1.29 is 46.1 Å². The van der Waals surface area contributed by atoms with Crippen molar-refractivity contribution in [3.8, 4) is 0 Å². The minimum atomic E-state index is -3.07. The number of Topliss-reactive ketones (excluding diaryl/α,β-unsaturated/α-hetero) is 1. The highest BCUT2D eigenvalue weighted by Crippen LogP contribution is 2.31. The molecule has 3 heterocycles. The maximum absolute atomic E-state index is 12.5. The van der Waals surface area contributed by atoms with E-state index in [2.05, 4.69) is 17.1 Å². The molecule has 0 saturated carbocycles. The van der Waals surface area contributed by atoms with Gasteiger partial charge in [0, 0.05) is 37.5 Å². The zero-order chi connectivity index (χ0) is 34.7. The molecule has 47 heavy (non-hydrogen) atoms. The second kappa shape index (κ2) is 18.5. The average Bonchev–Trinajstić information content (AvgIpc) is 3.86. The Kier molecular flexibility index (Phi) is 15.1. The Hall–Kier alpha value is -3.00. The molecule has 0 aromatic heterocycles. The number of hydrogen-bond acceptors (Lipinski definition) is 6. The summed E-state index contributed by atoms with van der Waals surface area (Å²) in [6, 6.07) is 19.3. The van der Waals surface area contributed by atoms with Gasteiger partial charge in [0.15, 0.2) is 0 Å². The molecular formula is C34H45F6N3O4. The van der Waals surface area contributed by atoms with E-state index < -0.39 is 49.1 Å². The van der Waals surface area contributed by atoms with Crippen LogP contribution in [-0.4, -0.2) is 95.9 Å². The Balaban J connectivity index is 0.000000201. The van der Waals surface area contributed by atoms with Crippen LogP contribution in [0.3, 0.4) is 0 Å². The maximum Gasteiger partial charge on any atom is 0.296 e. The number of rotatable bonds is 10. The molecule has 3 saturated heterocycles. The van der Waals surface area contributed by atoms with Gasteiger partial charge < -0.3 is 20.4 Å². The average molecular weight is 674 g/mol. The fourth-order valence-corrected chi connectivity index (χ4v) is 6.18. The summed E-state index contributed by atoms with van der Waals surface area (Å²) >= 11 is 0. The highest BCUT2D eigenvalue weighted by Gasteiger charge is 2.42. The van der Waals surface area contributed by atoms with Crippen LogP contribution in [0.2, 0.25) is 0 Å². The SMILES string of the molecule is C[C@H](c1ccccc1)N1CCC(C(=O)C(F)F)C1=O.C[C@H](c1ccccc1)N1CCC(C(O)C(F)F)C1.OC(C(F)F)C1CCNC1. The van der Waals surface area contributed by atoms with Crippen molar-refractivity contribution in [1.82, 2.24) is 15.1 Å². The van der Waals surface area contributed by atoms with Gasteiger partial charge in [-0.15, -0.1) is 0 Å². The van der Waals surface area contributed by atoms with Gasteiger partial charge in [-0.2, -0.15) is 0 Å². The van der Waals surface area contributed by atoms with E-state index in [0.29, 0.717) is 32.5 Å². The van der Waals surface area contributed by atoms with Crippen LogP contribution >= 0.6 is 0 Å². The van der Waals surface area contributed by atoms with Crippen LogP contribution < -0.4 is 5.32 Å². The second-order valence-corrected chi connectivity index (χ2v) is 12.2. The van der Waals surface area contributed by atoms with Gasteiger partial charge in [0.25, 0.3) is 19.3 Å². The zero-order valence-corrected chi connectivity index (χ0v) is 26.6. The number of likely N-dealkylation sites (tertiary alicyclic amines) is 2. The summed E-state index contributed by atoms with van der Waals surface area (Å²) < 4.78 is 73.3. The van der Waals surface area contributed by atoms with E-state index in [1.54, 1.807) is 0 Å². The van der Waals surface area contributed by atoms with Gasteiger partial charge in [0.1, 0.15) is 18.1 Å². The first-order valence-electron chi connectivity index (χ1n) is 15.9. The summed E-state index contributed by atoms with van der Waals surface area (Å²) in [7, 11) is 0. The molecule has 7 nitrogen and oxygen atoms in total. The van der Waals surface area contributed by atoms with Gasteiger partial charge in [0.2, 0.25) is 11.7 Å². The first-order valence-corrected chi connectivity index (χ1v) is 15.9. The largest absolute Gasteiger partial charge is 0.387 e. The number of hydrogen-bond donors (Lipinski definition) is 3. The molecule has 5 rings (SSSR count). The first-order chi connectivity index (χ1) is 22.3. The van der Waals surface area contributed by atoms with Crippen LogP contribution in [-0.2, 0) is 9.59 Å². The van der Waals surface area contributed by atoms with Crippen molar-refractivity contribution in [1.29, 1.82) is 0 Å². The minimum Gasteiger partial charge on any atom is -0.387 e. The van der Waals surface area contributed by atoms with Crippen LogP contribution in [0.5, 0.6) is 0 Å². The Bertz CT molecular complexity index is 1220. The predicted octanol–water partition coefficient (Wildman–Crippen LogP) is 5.35. The quantitative estimate of drug-likeness (QED) is 0.233. The van der Waals surface area contributed by atoms with E-state index >= 15 is 0 Å². The second-order valence-electron chi connectivity index (χ2n) is 12.2. The van der Waals surface area contributed by atoms with Crippen molar-refractivity contribution in [2.75, 3.05) is 32.7 Å². The van der Waals surface area contributed by atoms with Crippen LogP contribution in [0.4, 0.5) is 26.3 Å². The summed E-state index contributed by atoms with van der Waals surface area (Å²) in [6.07, 6.45) is -9.74. The number of carbonyl (C=O) groups is 2. The molecule has 0 bridgehead atoms. The monoisotopic (exact) mass is 673 g/mol. The van der Waals surface area contributed by atoms with Crippen molar-refractivity contribution in [2.24, 2.45) is 17.8 Å². The third kappa shape index (κ3) is 10.8. The molecule has 0 spiro atoms. The van der Waals surface area contributed by atoms with E-state index in [4.69, 9.17) is 5.11 Å². The van der Waals surface area contributed by atoms with E-state index in [1.165, 1.54) is 10.5 Å². The number of nitrogens with one attached hydrogen (secondary N) is 1. The molecule has 0 aliphatic carbocycles. The van der Waals surface area contributed by atoms with Crippen LogP contribution in [0, 0.1) is 17.8 Å². The lowest BCUT2D eigenvalue weighted by atomic mass is 10.0. The summed E-state index contributed by atoms with van der Waals surface area (Å²) in [5.41, 5.74) is 2.12. The number of aliphatic hydroxyl groups excluding tert-OH is 2. The van der Waals surface area contributed by atoms with E-state index in [0.717, 1.165) is 18.7 Å². The van der Waals surface area contributed by atoms with Crippen LogP contribution in [0.15, 0.2) is 60.7 Å². The van der Waals surface area contributed by atoms with Crippen LogP contribution in [0.25, 0.3) is 0 Å². The first kappa shape index (κ1) is 38.4. The van der Waals surface area contributed by atoms with Crippen molar-refractivity contribution in [2.45, 2.75) is 76.7 Å². The number of alkyl halides is 6. The molecular weight excluding hydrogens is 628 g/mol. The van der Waals surface area contributed by atoms with Crippen molar-refractivity contribution in [3.63, 3.8) is 0 Å². The third-order valence-electron chi connectivity index (χ3n) is 9.21. The topological polar surface area (TPSA) is 93.1 Å². The standard InChI is InChI=1S/C14H15F2NO2.C14H19F2NO.C6H11F2NO/c1-9(10-5-3-2-4-6-10)17-8-7-11(14(17)19)12(18)13(15)16;1-10(11-5-3-2-4-6-11)17-8-7-12(9-17)13(18)14(15)16;7-6(8)5(10)4-1-2-9-3-4/h2-6,9,11,13H,7-8H2,1H3;2-6,10,12-14,18H,7-9H2,1H3;4-6,9-10H,1-3H2/t9-,11?;10-,12?,13?;/m11./s1. The molecule has 3 fully saturated rings. The van der Waals surface area contributed by atoms with Gasteiger partial charge >= 0.3 is 0 Å². The fraction of sp³-hybridized carbons (Fsp3) is 0.588. The highest BCUT2D eigenvalue weighted by molar-refractivity contribution is 6.04. The molecule has 5 unspecified atom stereocenters. The lowest BCUT2D eigenvalue weighted by Crippen LogP contribution is -2.34. The molecule has 0 radical (unpaired) electrons. The van der Waals surface area contributed by atoms with Gasteiger partial charge in [-0.25, -0.2) is 26.3 Å². The molecule has 13 heteroatoms. The van der Waals surface area contributed by atoms with Gasteiger partial charge in [0.05, 0.1) is 6.04 Å². The maximum atomic E-state index is 12.5. The number of halogens is 6. The number of nitrogens with zero attached hydrogens (tertiary/aromatic N) is 2. The summed E-state index contributed by atoms with van der Waals surface area (Å²) in [5.74, 6) is -3.48.